The number of nitrogens with one attached hydrogen (secondary N) is 1. The van der Waals surface area contributed by atoms with Gasteiger partial charge in [0.05, 0.1) is 0 Å². The zero-order valence-corrected chi connectivity index (χ0v) is 12.9. The molecule has 0 aromatic carbocycles. The van der Waals surface area contributed by atoms with Crippen molar-refractivity contribution < 1.29 is 4.74 Å². The fraction of sp³-hybridized carbons (Fsp3) is 0.615. The smallest absolute Gasteiger partial charge is 0.226 e. The minimum atomic E-state index is 0.250. The number of fused-ring (bicyclic) bond motifs is 2. The SMILES string of the molecule is ClCCCOCc1nc2c(N3CC4CC43)nc(Cl)nc2[nH]1. The maximum atomic E-state index is 6.02. The van der Waals surface area contributed by atoms with Gasteiger partial charge in [-0.2, -0.15) is 9.97 Å². The van der Waals surface area contributed by atoms with Gasteiger partial charge in [-0.15, -0.1) is 11.6 Å². The van der Waals surface area contributed by atoms with Crippen molar-refractivity contribution in [2.24, 2.45) is 5.92 Å². The summed E-state index contributed by atoms with van der Waals surface area (Å²) in [7, 11) is 0. The van der Waals surface area contributed by atoms with E-state index in [1.807, 2.05) is 0 Å². The summed E-state index contributed by atoms with van der Waals surface area (Å²) in [4.78, 5) is 18.6. The highest BCUT2D eigenvalue weighted by molar-refractivity contribution is 6.28. The first-order valence-corrected chi connectivity index (χ1v) is 8.00. The van der Waals surface area contributed by atoms with E-state index in [9.17, 15) is 0 Å². The van der Waals surface area contributed by atoms with Crippen LogP contribution in [-0.2, 0) is 11.3 Å². The van der Waals surface area contributed by atoms with Crippen LogP contribution in [0.1, 0.15) is 18.7 Å². The van der Waals surface area contributed by atoms with Crippen LogP contribution in [0.3, 0.4) is 0 Å². The van der Waals surface area contributed by atoms with Gasteiger partial charge < -0.3 is 14.6 Å². The van der Waals surface area contributed by atoms with Crippen LogP contribution in [0.2, 0.25) is 5.28 Å². The van der Waals surface area contributed by atoms with Gasteiger partial charge in [-0.05, 0) is 30.4 Å². The lowest BCUT2D eigenvalue weighted by atomic mass is 10.2. The number of hydrogen-bond acceptors (Lipinski definition) is 5. The molecule has 2 aromatic rings. The summed E-state index contributed by atoms with van der Waals surface area (Å²) < 4.78 is 5.52. The Morgan fingerprint density at radius 2 is 2.24 bits per heavy atom. The van der Waals surface area contributed by atoms with Crippen molar-refractivity contribution in [3.05, 3.63) is 11.1 Å². The Morgan fingerprint density at radius 3 is 2.95 bits per heavy atom. The first-order valence-electron chi connectivity index (χ1n) is 7.08. The lowest BCUT2D eigenvalue weighted by Crippen LogP contribution is -2.40. The van der Waals surface area contributed by atoms with E-state index in [0.717, 1.165) is 36.0 Å². The number of nitrogens with zero attached hydrogens (tertiary/aromatic N) is 4. The van der Waals surface area contributed by atoms with E-state index in [-0.39, 0.29) is 5.28 Å². The zero-order chi connectivity index (χ0) is 14.4. The molecule has 2 unspecified atom stereocenters. The number of aromatic nitrogens is 4. The number of H-pyrrole nitrogens is 1. The largest absolute Gasteiger partial charge is 0.373 e. The van der Waals surface area contributed by atoms with Crippen molar-refractivity contribution in [2.75, 3.05) is 23.9 Å². The average molecular weight is 328 g/mol. The zero-order valence-electron chi connectivity index (χ0n) is 11.4. The molecule has 2 aromatic heterocycles. The molecule has 1 aliphatic carbocycles. The fourth-order valence-electron chi connectivity index (χ4n) is 2.80. The standard InChI is InChI=1S/C13H15Cl2N5O/c14-2-1-3-21-6-9-16-10-11(17-9)18-13(15)19-12(10)20-5-7-4-8(7)20/h7-8H,1-6H2,(H,16,17,18,19). The van der Waals surface area contributed by atoms with Crippen molar-refractivity contribution in [3.8, 4) is 0 Å². The highest BCUT2D eigenvalue weighted by atomic mass is 35.5. The topological polar surface area (TPSA) is 66.9 Å². The molecule has 1 aliphatic heterocycles. The number of imidazole rings is 1. The van der Waals surface area contributed by atoms with E-state index >= 15 is 0 Å². The molecule has 0 spiro atoms. The molecule has 0 bridgehead atoms. The molecule has 2 aliphatic rings. The molecule has 0 amide bonds. The van der Waals surface area contributed by atoms with E-state index in [4.69, 9.17) is 27.9 Å². The van der Waals surface area contributed by atoms with Crippen LogP contribution in [-0.4, -0.2) is 45.0 Å². The molecule has 0 radical (unpaired) electrons. The predicted molar refractivity (Wildman–Crippen MR) is 80.9 cm³/mol. The molecule has 6 nitrogen and oxygen atoms in total. The number of aromatic amines is 1. The van der Waals surface area contributed by atoms with Crippen LogP contribution in [0.25, 0.3) is 11.2 Å². The minimum Gasteiger partial charge on any atom is -0.373 e. The number of alkyl halides is 1. The maximum Gasteiger partial charge on any atom is 0.226 e. The Bertz CT molecular complexity index is 676. The Labute approximate surface area is 131 Å². The second-order valence-electron chi connectivity index (χ2n) is 5.51. The van der Waals surface area contributed by atoms with Crippen LogP contribution < -0.4 is 4.90 Å². The van der Waals surface area contributed by atoms with Gasteiger partial charge in [0.25, 0.3) is 0 Å². The summed E-state index contributed by atoms with van der Waals surface area (Å²) in [6.45, 7) is 2.08. The fourth-order valence-corrected chi connectivity index (χ4v) is 3.08. The molecule has 8 heteroatoms. The third-order valence-corrected chi connectivity index (χ3v) is 4.43. The highest BCUT2D eigenvalue weighted by Crippen LogP contribution is 2.49. The van der Waals surface area contributed by atoms with Gasteiger partial charge in [-0.1, -0.05) is 0 Å². The number of ether oxygens (including phenoxy) is 1. The Balaban J connectivity index is 1.58. The average Bonchev–Trinajstić information content (AvgIpc) is 2.91. The van der Waals surface area contributed by atoms with Gasteiger partial charge in [0.2, 0.25) is 5.28 Å². The maximum absolute atomic E-state index is 6.02. The van der Waals surface area contributed by atoms with Crippen LogP contribution in [0, 0.1) is 5.92 Å². The lowest BCUT2D eigenvalue weighted by Gasteiger charge is -2.31. The summed E-state index contributed by atoms with van der Waals surface area (Å²) in [5.74, 6) is 3.02. The monoisotopic (exact) mass is 327 g/mol. The quantitative estimate of drug-likeness (QED) is 0.501. The molecule has 3 heterocycles. The van der Waals surface area contributed by atoms with Gasteiger partial charge in [0.1, 0.15) is 12.4 Å². The molecule has 1 saturated heterocycles. The third kappa shape index (κ3) is 2.45. The minimum absolute atomic E-state index is 0.250. The first-order chi connectivity index (χ1) is 10.3. The number of rotatable bonds is 6. The predicted octanol–water partition coefficient (Wildman–Crippen LogP) is 2.36. The van der Waals surface area contributed by atoms with Crippen molar-refractivity contribution in [1.82, 2.24) is 19.9 Å². The van der Waals surface area contributed by atoms with E-state index in [1.54, 1.807) is 0 Å². The highest BCUT2D eigenvalue weighted by Gasteiger charge is 2.53. The summed E-state index contributed by atoms with van der Waals surface area (Å²) in [6.07, 6.45) is 2.08. The van der Waals surface area contributed by atoms with Crippen LogP contribution in [0.5, 0.6) is 0 Å². The lowest BCUT2D eigenvalue weighted by molar-refractivity contribution is 0.117. The Kier molecular flexibility index (Phi) is 3.40. The van der Waals surface area contributed by atoms with Gasteiger partial charge in [-0.3, -0.25) is 0 Å². The summed E-state index contributed by atoms with van der Waals surface area (Å²) in [5.41, 5.74) is 1.45. The second kappa shape index (κ2) is 5.26. The molecular weight excluding hydrogens is 313 g/mol. The summed E-state index contributed by atoms with van der Waals surface area (Å²) >= 11 is 11.6. The first kappa shape index (κ1) is 13.5. The van der Waals surface area contributed by atoms with Crippen LogP contribution in [0.15, 0.2) is 0 Å². The Hall–Kier alpha value is -1.11. The summed E-state index contributed by atoms with van der Waals surface area (Å²) in [5, 5.41) is 0.250. The van der Waals surface area contributed by atoms with Crippen molar-refractivity contribution in [2.45, 2.75) is 25.5 Å². The van der Waals surface area contributed by atoms with Crippen molar-refractivity contribution in [1.29, 1.82) is 0 Å². The molecular formula is C13H15Cl2N5O. The number of hydrogen-bond donors (Lipinski definition) is 1. The normalized spacial score (nSPS) is 23.2. The number of anilines is 1. The molecule has 2 atom stereocenters. The Morgan fingerprint density at radius 1 is 1.33 bits per heavy atom. The summed E-state index contributed by atoms with van der Waals surface area (Å²) in [6, 6.07) is 0.624. The molecule has 112 valence electrons. The molecule has 1 N–H and O–H groups in total. The molecule has 2 fully saturated rings. The van der Waals surface area contributed by atoms with E-state index in [2.05, 4.69) is 24.8 Å². The molecule has 4 rings (SSSR count). The van der Waals surface area contributed by atoms with E-state index in [0.29, 0.717) is 30.8 Å². The van der Waals surface area contributed by atoms with Gasteiger partial charge in [-0.25, -0.2) is 4.98 Å². The van der Waals surface area contributed by atoms with Gasteiger partial charge >= 0.3 is 0 Å². The second-order valence-corrected chi connectivity index (χ2v) is 6.22. The number of halogens is 2. The van der Waals surface area contributed by atoms with Crippen LogP contribution in [0.4, 0.5) is 5.82 Å². The molecule has 1 saturated carbocycles. The van der Waals surface area contributed by atoms with Crippen molar-refractivity contribution >= 4 is 40.2 Å². The van der Waals surface area contributed by atoms with Crippen molar-refractivity contribution in [3.63, 3.8) is 0 Å². The van der Waals surface area contributed by atoms with Crippen LogP contribution >= 0.6 is 23.2 Å². The van der Waals surface area contributed by atoms with E-state index < -0.39 is 0 Å². The third-order valence-electron chi connectivity index (χ3n) is 4.00. The van der Waals surface area contributed by atoms with E-state index in [1.165, 1.54) is 6.42 Å². The van der Waals surface area contributed by atoms with Gasteiger partial charge in [0, 0.05) is 25.1 Å². The molecule has 21 heavy (non-hydrogen) atoms. The van der Waals surface area contributed by atoms with Gasteiger partial charge in [0.15, 0.2) is 17.0 Å².